The van der Waals surface area contributed by atoms with Crippen molar-refractivity contribution in [3.05, 3.63) is 89.1 Å². The second kappa shape index (κ2) is 10.4. The Labute approximate surface area is 218 Å². The van der Waals surface area contributed by atoms with E-state index < -0.39 is 5.97 Å². The Morgan fingerprint density at radius 3 is 2.27 bits per heavy atom. The molecule has 37 heavy (non-hydrogen) atoms. The minimum Gasteiger partial charge on any atom is -0.493 e. The minimum absolute atomic E-state index is 0.150. The fraction of sp³-hybridized carbons (Fsp3) is 0.138. The lowest BCUT2D eigenvalue weighted by Gasteiger charge is -2.13. The number of para-hydroxylation sites is 1. The Balaban J connectivity index is 1.57. The van der Waals surface area contributed by atoms with E-state index in [0.717, 1.165) is 26.4 Å². The number of fused-ring (bicyclic) bond motifs is 1. The second-order valence-corrected chi connectivity index (χ2v) is 9.30. The lowest BCUT2D eigenvalue weighted by Crippen LogP contribution is -2.07. The number of methoxy groups -OCH3 is 3. The molecule has 0 radical (unpaired) electrons. The van der Waals surface area contributed by atoms with Crippen LogP contribution in [0.15, 0.2) is 87.3 Å². The van der Waals surface area contributed by atoms with Crippen molar-refractivity contribution >= 4 is 40.6 Å². The second-order valence-electron chi connectivity index (χ2n) is 8.24. The first kappa shape index (κ1) is 24.4. The highest BCUT2D eigenvalue weighted by Crippen LogP contribution is 2.39. The summed E-state index contributed by atoms with van der Waals surface area (Å²) >= 11 is 1.53. The number of aromatic nitrogens is 1. The predicted molar refractivity (Wildman–Crippen MR) is 144 cm³/mol. The lowest BCUT2D eigenvalue weighted by molar-refractivity contribution is -0.129. The zero-order valence-electron chi connectivity index (χ0n) is 20.8. The van der Waals surface area contributed by atoms with Crippen molar-refractivity contribution in [1.82, 2.24) is 4.98 Å². The number of carbonyl (C=O) groups is 1. The fourth-order valence-corrected chi connectivity index (χ4v) is 4.78. The van der Waals surface area contributed by atoms with E-state index >= 15 is 0 Å². The van der Waals surface area contributed by atoms with E-state index in [1.807, 2.05) is 37.3 Å². The van der Waals surface area contributed by atoms with Gasteiger partial charge in [-0.1, -0.05) is 47.7 Å². The zero-order valence-corrected chi connectivity index (χ0v) is 21.6. The van der Waals surface area contributed by atoms with Gasteiger partial charge in [-0.25, -0.2) is 14.8 Å². The number of aliphatic imine (C=N–C) groups is 1. The van der Waals surface area contributed by atoms with E-state index in [4.69, 9.17) is 23.9 Å². The van der Waals surface area contributed by atoms with Crippen LogP contribution in [-0.2, 0) is 9.53 Å². The fourth-order valence-electron chi connectivity index (χ4n) is 3.90. The molecule has 2 heterocycles. The predicted octanol–water partition coefficient (Wildman–Crippen LogP) is 6.06. The molecule has 1 aliphatic heterocycles. The summed E-state index contributed by atoms with van der Waals surface area (Å²) in [5, 5.41) is 1.72. The van der Waals surface area contributed by atoms with E-state index in [2.05, 4.69) is 29.3 Å². The number of hydrogen-bond acceptors (Lipinski definition) is 8. The number of pyridine rings is 1. The van der Waals surface area contributed by atoms with Crippen LogP contribution >= 0.6 is 11.8 Å². The Bertz CT molecular complexity index is 1540. The molecule has 186 valence electrons. The van der Waals surface area contributed by atoms with Gasteiger partial charge in [0.2, 0.25) is 11.6 Å². The highest BCUT2D eigenvalue weighted by molar-refractivity contribution is 7.99. The molecule has 0 fully saturated rings. The Morgan fingerprint density at radius 2 is 1.59 bits per heavy atom. The number of hydrogen-bond donors (Lipinski definition) is 0. The van der Waals surface area contributed by atoms with Gasteiger partial charge in [0, 0.05) is 21.4 Å². The Kier molecular flexibility index (Phi) is 6.83. The van der Waals surface area contributed by atoms with E-state index in [1.54, 1.807) is 18.2 Å². The van der Waals surface area contributed by atoms with Crippen LogP contribution in [0.4, 0.5) is 0 Å². The zero-order chi connectivity index (χ0) is 25.9. The summed E-state index contributed by atoms with van der Waals surface area (Å²) in [5.74, 6) is 0.904. The molecule has 7 nitrogen and oxygen atoms in total. The third-order valence-corrected chi connectivity index (χ3v) is 6.80. The number of aryl methyl sites for hydroxylation is 1. The smallest absolute Gasteiger partial charge is 0.363 e. The first-order chi connectivity index (χ1) is 18.0. The normalized spacial score (nSPS) is 14.0. The van der Waals surface area contributed by atoms with Crippen molar-refractivity contribution in [1.29, 1.82) is 0 Å². The number of rotatable bonds is 7. The molecule has 0 unspecified atom stereocenters. The molecule has 5 rings (SSSR count). The number of esters is 1. The summed E-state index contributed by atoms with van der Waals surface area (Å²) in [7, 11) is 4.57. The van der Waals surface area contributed by atoms with Crippen molar-refractivity contribution in [3.8, 4) is 17.2 Å². The number of ether oxygens (including phenoxy) is 4. The molecule has 3 aromatic carbocycles. The summed E-state index contributed by atoms with van der Waals surface area (Å²) in [6.45, 7) is 2.05. The molecule has 0 saturated heterocycles. The van der Waals surface area contributed by atoms with Crippen LogP contribution < -0.4 is 14.2 Å². The number of cyclic esters (lactones) is 1. The third-order valence-electron chi connectivity index (χ3n) is 5.78. The van der Waals surface area contributed by atoms with Gasteiger partial charge < -0.3 is 18.9 Å². The molecule has 0 bridgehead atoms. The number of nitrogens with zero attached hydrogens (tertiary/aromatic N) is 2. The maximum Gasteiger partial charge on any atom is 0.363 e. The summed E-state index contributed by atoms with van der Waals surface area (Å²) in [5.41, 5.74) is 3.52. The summed E-state index contributed by atoms with van der Waals surface area (Å²) in [6.07, 6.45) is 1.71. The lowest BCUT2D eigenvalue weighted by atomic mass is 10.1. The van der Waals surface area contributed by atoms with Crippen LogP contribution in [0.2, 0.25) is 0 Å². The summed E-state index contributed by atoms with van der Waals surface area (Å²) < 4.78 is 21.8. The van der Waals surface area contributed by atoms with Crippen molar-refractivity contribution in [3.63, 3.8) is 0 Å². The SMILES string of the molecule is COc1cc(C2=N/C(=C/c3cc4ccccc4nc3Sc3ccc(C)cc3)C(=O)O2)cc(OC)c1OC. The van der Waals surface area contributed by atoms with Gasteiger partial charge in [-0.15, -0.1) is 0 Å². The minimum atomic E-state index is -0.553. The summed E-state index contributed by atoms with van der Waals surface area (Å²) in [4.78, 5) is 23.3. The number of benzene rings is 3. The van der Waals surface area contributed by atoms with Crippen LogP contribution in [0, 0.1) is 6.92 Å². The van der Waals surface area contributed by atoms with E-state index in [0.29, 0.717) is 22.8 Å². The highest BCUT2D eigenvalue weighted by Gasteiger charge is 2.27. The van der Waals surface area contributed by atoms with Gasteiger partial charge in [0.1, 0.15) is 5.03 Å². The third kappa shape index (κ3) is 5.01. The molecule has 0 N–H and O–H groups in total. The van der Waals surface area contributed by atoms with Crippen molar-refractivity contribution in [2.75, 3.05) is 21.3 Å². The van der Waals surface area contributed by atoms with Gasteiger partial charge in [-0.2, -0.15) is 0 Å². The molecule has 1 aromatic heterocycles. The van der Waals surface area contributed by atoms with Crippen molar-refractivity contribution in [2.45, 2.75) is 16.8 Å². The number of carbonyl (C=O) groups excluding carboxylic acids is 1. The summed E-state index contributed by atoms with van der Waals surface area (Å²) in [6, 6.07) is 21.5. The van der Waals surface area contributed by atoms with Gasteiger partial charge in [0.15, 0.2) is 17.2 Å². The first-order valence-electron chi connectivity index (χ1n) is 11.5. The van der Waals surface area contributed by atoms with E-state index in [-0.39, 0.29) is 11.6 Å². The molecule has 0 amide bonds. The molecule has 0 atom stereocenters. The largest absolute Gasteiger partial charge is 0.493 e. The molecular weight excluding hydrogens is 488 g/mol. The van der Waals surface area contributed by atoms with Crippen molar-refractivity contribution < 1.29 is 23.7 Å². The quantitative estimate of drug-likeness (QED) is 0.220. The maximum absolute atomic E-state index is 12.8. The molecular formula is C29H24N2O5S. The maximum atomic E-state index is 12.8. The van der Waals surface area contributed by atoms with Gasteiger partial charge in [-0.3, -0.25) is 0 Å². The van der Waals surface area contributed by atoms with Gasteiger partial charge in [0.25, 0.3) is 0 Å². The van der Waals surface area contributed by atoms with Gasteiger partial charge in [-0.05, 0) is 49.4 Å². The Hall–Kier alpha value is -4.30. The van der Waals surface area contributed by atoms with Gasteiger partial charge in [0.05, 0.1) is 26.8 Å². The molecule has 0 aliphatic carbocycles. The molecule has 4 aromatic rings. The molecule has 0 spiro atoms. The van der Waals surface area contributed by atoms with Crippen LogP contribution in [0.5, 0.6) is 17.2 Å². The monoisotopic (exact) mass is 512 g/mol. The van der Waals surface area contributed by atoms with E-state index in [1.165, 1.54) is 38.7 Å². The average Bonchev–Trinajstić information content (AvgIpc) is 3.29. The average molecular weight is 513 g/mol. The van der Waals surface area contributed by atoms with Crippen LogP contribution in [0.1, 0.15) is 16.7 Å². The standard InChI is InChI=1S/C29H24N2O5S/c1-17-9-11-21(12-10-17)37-28-20(13-18-7-5-6-8-22(18)31-28)14-23-29(32)36-27(30-23)19-15-24(33-2)26(35-4)25(16-19)34-3/h5-16H,1-4H3/b23-14+. The van der Waals surface area contributed by atoms with Crippen LogP contribution in [0.3, 0.4) is 0 Å². The van der Waals surface area contributed by atoms with E-state index in [9.17, 15) is 4.79 Å². The first-order valence-corrected chi connectivity index (χ1v) is 12.3. The van der Waals surface area contributed by atoms with Crippen LogP contribution in [0.25, 0.3) is 17.0 Å². The van der Waals surface area contributed by atoms with Gasteiger partial charge >= 0.3 is 5.97 Å². The van der Waals surface area contributed by atoms with Crippen molar-refractivity contribution in [2.24, 2.45) is 4.99 Å². The van der Waals surface area contributed by atoms with Crippen LogP contribution in [-0.4, -0.2) is 38.2 Å². The highest BCUT2D eigenvalue weighted by atomic mass is 32.2. The topological polar surface area (TPSA) is 79.2 Å². The molecule has 8 heteroatoms. The molecule has 0 saturated carbocycles. The molecule has 1 aliphatic rings. The Morgan fingerprint density at radius 1 is 0.892 bits per heavy atom.